The largest absolute Gasteiger partial charge is 0.448 e. The molecule has 6 nitrogen and oxygen atoms in total. The summed E-state index contributed by atoms with van der Waals surface area (Å²) in [7, 11) is 0. The van der Waals surface area contributed by atoms with Gasteiger partial charge in [-0.1, -0.05) is 6.42 Å². The number of hydrogen-bond acceptors (Lipinski definition) is 5. The monoisotopic (exact) mass is 361 g/mol. The summed E-state index contributed by atoms with van der Waals surface area (Å²) in [4.78, 5) is 18.7. The first kappa shape index (κ1) is 19.1. The smallest absolute Gasteiger partial charge is 0.407 e. The van der Waals surface area contributed by atoms with Crippen molar-refractivity contribution in [1.29, 1.82) is 0 Å². The zero-order chi connectivity index (χ0) is 18.2. The summed E-state index contributed by atoms with van der Waals surface area (Å²) in [6.45, 7) is 6.07. The van der Waals surface area contributed by atoms with E-state index >= 15 is 0 Å². The number of carbonyl (C=O) groups is 1. The average molecular weight is 361 g/mol. The Labute approximate surface area is 156 Å². The molecule has 0 spiro atoms. The number of aryl methyl sites for hydroxylation is 2. The van der Waals surface area contributed by atoms with Crippen molar-refractivity contribution in [1.82, 2.24) is 15.2 Å². The molecule has 1 amide bonds. The fourth-order valence-electron chi connectivity index (χ4n) is 3.80. The van der Waals surface area contributed by atoms with E-state index in [-0.39, 0.29) is 12.1 Å². The molecule has 144 valence electrons. The van der Waals surface area contributed by atoms with Crippen LogP contribution in [-0.2, 0) is 15.9 Å². The molecule has 3 rings (SSSR count). The molecule has 1 aromatic heterocycles. The molecule has 1 N–H and O–H groups in total. The fourth-order valence-corrected chi connectivity index (χ4v) is 3.80. The standard InChI is InChI=1S/C20H31N3O3/c1-16-7-9-21-13-17(16)5-4-11-23-10-3-2-6-19(23)15-26-20(24)22-18-8-12-25-14-18/h7,9,13,18-19H,2-6,8,10-12,14-15H2,1H3,(H,22,24)/t18-,19-/m1/s1. The third kappa shape index (κ3) is 5.68. The van der Waals surface area contributed by atoms with Gasteiger partial charge in [0.05, 0.1) is 12.6 Å². The van der Waals surface area contributed by atoms with Crippen LogP contribution in [0.4, 0.5) is 4.79 Å². The lowest BCUT2D eigenvalue weighted by molar-refractivity contribution is 0.0660. The molecule has 26 heavy (non-hydrogen) atoms. The Kier molecular flexibility index (Phi) is 7.26. The van der Waals surface area contributed by atoms with Crippen LogP contribution in [0.1, 0.15) is 43.2 Å². The minimum absolute atomic E-state index is 0.104. The molecule has 2 fully saturated rings. The summed E-state index contributed by atoms with van der Waals surface area (Å²) >= 11 is 0. The topological polar surface area (TPSA) is 63.7 Å². The molecule has 0 aromatic carbocycles. The van der Waals surface area contributed by atoms with Gasteiger partial charge in [0.25, 0.3) is 0 Å². The van der Waals surface area contributed by atoms with Crippen LogP contribution in [0.15, 0.2) is 18.5 Å². The molecular formula is C20H31N3O3. The number of pyridine rings is 1. The molecule has 2 atom stereocenters. The third-order valence-electron chi connectivity index (χ3n) is 5.45. The van der Waals surface area contributed by atoms with Gasteiger partial charge >= 0.3 is 6.09 Å². The van der Waals surface area contributed by atoms with E-state index in [1.165, 1.54) is 24.0 Å². The Balaban J connectivity index is 1.40. The van der Waals surface area contributed by atoms with E-state index in [4.69, 9.17) is 9.47 Å². The third-order valence-corrected chi connectivity index (χ3v) is 5.45. The number of ether oxygens (including phenoxy) is 2. The first-order valence-electron chi connectivity index (χ1n) is 9.87. The Morgan fingerprint density at radius 3 is 3.15 bits per heavy atom. The van der Waals surface area contributed by atoms with Gasteiger partial charge in [-0.15, -0.1) is 0 Å². The van der Waals surface area contributed by atoms with E-state index in [1.807, 2.05) is 12.4 Å². The van der Waals surface area contributed by atoms with Gasteiger partial charge in [-0.05, 0) is 69.3 Å². The molecule has 0 saturated carbocycles. The van der Waals surface area contributed by atoms with Crippen molar-refractivity contribution in [3.05, 3.63) is 29.6 Å². The van der Waals surface area contributed by atoms with Gasteiger partial charge in [-0.3, -0.25) is 9.88 Å². The van der Waals surface area contributed by atoms with Gasteiger partial charge in [0.2, 0.25) is 0 Å². The van der Waals surface area contributed by atoms with E-state index in [0.29, 0.717) is 19.3 Å². The van der Waals surface area contributed by atoms with Crippen LogP contribution in [0, 0.1) is 6.92 Å². The number of aromatic nitrogens is 1. The first-order valence-corrected chi connectivity index (χ1v) is 9.87. The summed E-state index contributed by atoms with van der Waals surface area (Å²) in [6, 6.07) is 2.51. The molecular weight excluding hydrogens is 330 g/mol. The maximum Gasteiger partial charge on any atom is 0.407 e. The zero-order valence-corrected chi connectivity index (χ0v) is 15.8. The van der Waals surface area contributed by atoms with Crippen LogP contribution in [0.2, 0.25) is 0 Å². The van der Waals surface area contributed by atoms with E-state index in [9.17, 15) is 4.79 Å². The van der Waals surface area contributed by atoms with Crippen molar-refractivity contribution in [2.45, 2.75) is 57.5 Å². The molecule has 2 aliphatic rings. The van der Waals surface area contributed by atoms with Crippen LogP contribution in [0.25, 0.3) is 0 Å². The van der Waals surface area contributed by atoms with Crippen LogP contribution >= 0.6 is 0 Å². The van der Waals surface area contributed by atoms with Crippen LogP contribution in [0.5, 0.6) is 0 Å². The Morgan fingerprint density at radius 2 is 2.35 bits per heavy atom. The highest BCUT2D eigenvalue weighted by Gasteiger charge is 2.24. The number of rotatable bonds is 7. The number of nitrogens with one attached hydrogen (secondary N) is 1. The second kappa shape index (κ2) is 9.88. The van der Waals surface area contributed by atoms with Crippen LogP contribution < -0.4 is 5.32 Å². The number of carbonyl (C=O) groups excluding carboxylic acids is 1. The number of alkyl carbamates (subject to hydrolysis) is 1. The first-order chi connectivity index (χ1) is 12.7. The van der Waals surface area contributed by atoms with Crippen molar-refractivity contribution in [2.24, 2.45) is 0 Å². The Morgan fingerprint density at radius 1 is 1.42 bits per heavy atom. The Hall–Kier alpha value is -1.66. The molecule has 2 aliphatic heterocycles. The van der Waals surface area contributed by atoms with Crippen molar-refractivity contribution < 1.29 is 14.3 Å². The number of amides is 1. The summed E-state index contributed by atoms with van der Waals surface area (Å²) in [5.74, 6) is 0. The lowest BCUT2D eigenvalue weighted by atomic mass is 10.0. The zero-order valence-electron chi connectivity index (χ0n) is 15.8. The summed E-state index contributed by atoms with van der Waals surface area (Å²) in [5.41, 5.74) is 2.64. The van der Waals surface area contributed by atoms with E-state index in [2.05, 4.69) is 28.2 Å². The number of likely N-dealkylation sites (tertiary alicyclic amines) is 1. The van der Waals surface area contributed by atoms with Crippen molar-refractivity contribution in [3.63, 3.8) is 0 Å². The molecule has 0 unspecified atom stereocenters. The summed E-state index contributed by atoms with van der Waals surface area (Å²) < 4.78 is 10.8. The lowest BCUT2D eigenvalue weighted by Gasteiger charge is -2.35. The predicted octanol–water partition coefficient (Wildman–Crippen LogP) is 2.69. The Bertz CT molecular complexity index is 575. The molecule has 3 heterocycles. The van der Waals surface area contributed by atoms with Crippen molar-refractivity contribution >= 4 is 6.09 Å². The van der Waals surface area contributed by atoms with Crippen molar-refractivity contribution in [3.8, 4) is 0 Å². The molecule has 6 heteroatoms. The fraction of sp³-hybridized carbons (Fsp3) is 0.700. The summed E-state index contributed by atoms with van der Waals surface area (Å²) in [5, 5.41) is 2.89. The quantitative estimate of drug-likeness (QED) is 0.809. The molecule has 0 bridgehead atoms. The van der Waals surface area contributed by atoms with Gasteiger partial charge in [0.15, 0.2) is 0 Å². The maximum atomic E-state index is 12.0. The second-order valence-corrected chi connectivity index (χ2v) is 7.39. The summed E-state index contributed by atoms with van der Waals surface area (Å²) in [6.07, 6.45) is 10.1. The van der Waals surface area contributed by atoms with Gasteiger partial charge in [0.1, 0.15) is 6.61 Å². The second-order valence-electron chi connectivity index (χ2n) is 7.39. The van der Waals surface area contributed by atoms with Gasteiger partial charge in [0, 0.05) is 25.0 Å². The highest BCUT2D eigenvalue weighted by molar-refractivity contribution is 5.67. The van der Waals surface area contributed by atoms with E-state index in [0.717, 1.165) is 45.4 Å². The molecule has 0 aliphatic carbocycles. The maximum absolute atomic E-state index is 12.0. The minimum Gasteiger partial charge on any atom is -0.448 e. The van der Waals surface area contributed by atoms with Gasteiger partial charge in [-0.25, -0.2) is 4.79 Å². The van der Waals surface area contributed by atoms with Crippen molar-refractivity contribution in [2.75, 3.05) is 32.9 Å². The lowest BCUT2D eigenvalue weighted by Crippen LogP contribution is -2.45. The minimum atomic E-state index is -0.308. The highest BCUT2D eigenvalue weighted by Crippen LogP contribution is 2.19. The van der Waals surface area contributed by atoms with Crippen LogP contribution in [0.3, 0.4) is 0 Å². The van der Waals surface area contributed by atoms with Crippen LogP contribution in [-0.4, -0.2) is 61.0 Å². The predicted molar refractivity (Wildman–Crippen MR) is 100 cm³/mol. The molecule has 1 aromatic rings. The number of nitrogens with zero attached hydrogens (tertiary/aromatic N) is 2. The highest BCUT2D eigenvalue weighted by atomic mass is 16.6. The SMILES string of the molecule is Cc1ccncc1CCCN1CCCC[C@@H]1COC(=O)N[C@@H]1CCOC1. The molecule has 0 radical (unpaired) electrons. The van der Waals surface area contributed by atoms with E-state index in [1.54, 1.807) is 0 Å². The van der Waals surface area contributed by atoms with E-state index < -0.39 is 0 Å². The molecule has 2 saturated heterocycles. The number of piperidine rings is 1. The van der Waals surface area contributed by atoms with Gasteiger partial charge < -0.3 is 14.8 Å². The average Bonchev–Trinajstić information content (AvgIpc) is 3.15. The van der Waals surface area contributed by atoms with Gasteiger partial charge in [-0.2, -0.15) is 0 Å². The number of hydrogen-bond donors (Lipinski definition) is 1. The normalized spacial score (nSPS) is 23.7.